The number of amides is 1. The van der Waals surface area contributed by atoms with Gasteiger partial charge in [0.1, 0.15) is 0 Å². The Kier molecular flexibility index (Phi) is 3.79. The van der Waals surface area contributed by atoms with Crippen LogP contribution in [0.2, 0.25) is 0 Å². The number of hydrogen-bond acceptors (Lipinski definition) is 1. The molecule has 2 nitrogen and oxygen atoms in total. The molecular weight excluding hydrogens is 186 g/mol. The van der Waals surface area contributed by atoms with Gasteiger partial charge in [-0.05, 0) is 12.8 Å². The Morgan fingerprint density at radius 3 is 2.77 bits per heavy atom. The molecule has 0 spiro atoms. The van der Waals surface area contributed by atoms with Gasteiger partial charge in [-0.1, -0.05) is 13.0 Å². The molecule has 0 aromatic carbocycles. The summed E-state index contributed by atoms with van der Waals surface area (Å²) in [6.45, 7) is 6.18. The quantitative estimate of drug-likeness (QED) is 0.493. The summed E-state index contributed by atoms with van der Waals surface area (Å²) < 4.78 is 0. The first-order chi connectivity index (χ1) is 6.20. The summed E-state index contributed by atoms with van der Waals surface area (Å²) in [5, 5.41) is 0. The predicted molar refractivity (Wildman–Crippen MR) is 54.8 cm³/mol. The highest BCUT2D eigenvalue weighted by Gasteiger charge is 2.33. The third kappa shape index (κ3) is 2.73. The van der Waals surface area contributed by atoms with E-state index in [1.165, 1.54) is 0 Å². The summed E-state index contributed by atoms with van der Waals surface area (Å²) in [5.74, 6) is 0.499. The highest BCUT2D eigenvalue weighted by molar-refractivity contribution is 6.19. The van der Waals surface area contributed by atoms with Gasteiger partial charge >= 0.3 is 0 Å². The van der Waals surface area contributed by atoms with Crippen LogP contribution in [0.1, 0.15) is 19.8 Å². The Bertz CT molecular complexity index is 201. The lowest BCUT2D eigenvalue weighted by Crippen LogP contribution is -2.37. The molecule has 1 saturated carbocycles. The summed E-state index contributed by atoms with van der Waals surface area (Å²) in [7, 11) is 0. The van der Waals surface area contributed by atoms with Gasteiger partial charge < -0.3 is 4.90 Å². The van der Waals surface area contributed by atoms with E-state index in [1.54, 1.807) is 6.08 Å². The molecule has 1 unspecified atom stereocenters. The molecule has 0 aromatic heterocycles. The summed E-state index contributed by atoms with van der Waals surface area (Å²) in [4.78, 5) is 13.6. The molecular formula is C10H16ClNO. The van der Waals surface area contributed by atoms with Crippen molar-refractivity contribution in [1.29, 1.82) is 0 Å². The summed E-state index contributed by atoms with van der Waals surface area (Å²) in [6, 6.07) is 0.455. The van der Waals surface area contributed by atoms with Crippen LogP contribution in [0.25, 0.3) is 0 Å². The lowest BCUT2D eigenvalue weighted by atomic mass is 10.2. The summed E-state index contributed by atoms with van der Waals surface area (Å²) >= 11 is 5.64. The van der Waals surface area contributed by atoms with Gasteiger partial charge in [0.25, 0.3) is 0 Å². The molecule has 1 fully saturated rings. The van der Waals surface area contributed by atoms with E-state index in [2.05, 4.69) is 6.58 Å². The van der Waals surface area contributed by atoms with Crippen molar-refractivity contribution in [1.82, 2.24) is 4.90 Å². The van der Waals surface area contributed by atoms with Gasteiger partial charge in [-0.15, -0.1) is 18.2 Å². The van der Waals surface area contributed by atoms with Crippen molar-refractivity contribution in [2.75, 3.05) is 12.4 Å². The highest BCUT2D eigenvalue weighted by atomic mass is 35.5. The second kappa shape index (κ2) is 4.66. The third-order valence-electron chi connectivity index (χ3n) is 2.25. The van der Waals surface area contributed by atoms with Crippen molar-refractivity contribution in [2.24, 2.45) is 5.92 Å². The van der Waals surface area contributed by atoms with Crippen molar-refractivity contribution in [2.45, 2.75) is 25.8 Å². The molecule has 1 aliphatic carbocycles. The van der Waals surface area contributed by atoms with Gasteiger partial charge in [0.2, 0.25) is 5.91 Å². The summed E-state index contributed by atoms with van der Waals surface area (Å²) in [5.41, 5.74) is 0. The number of carbonyl (C=O) groups is 1. The molecule has 13 heavy (non-hydrogen) atoms. The van der Waals surface area contributed by atoms with Gasteiger partial charge in [0.15, 0.2) is 0 Å². The maximum atomic E-state index is 11.7. The average molecular weight is 202 g/mol. The third-order valence-corrected chi connectivity index (χ3v) is 2.71. The van der Waals surface area contributed by atoms with Crippen molar-refractivity contribution >= 4 is 17.5 Å². The molecule has 0 saturated heterocycles. The number of alkyl halides is 1. The molecule has 3 heteroatoms. The van der Waals surface area contributed by atoms with Gasteiger partial charge in [-0.2, -0.15) is 0 Å². The zero-order valence-electron chi connectivity index (χ0n) is 8.00. The lowest BCUT2D eigenvalue weighted by Gasteiger charge is -2.23. The van der Waals surface area contributed by atoms with Crippen LogP contribution in [0.3, 0.4) is 0 Å². The molecule has 1 amide bonds. The molecule has 0 heterocycles. The van der Waals surface area contributed by atoms with Crippen LogP contribution < -0.4 is 0 Å². The van der Waals surface area contributed by atoms with Crippen LogP contribution in [0.5, 0.6) is 0 Å². The first-order valence-electron chi connectivity index (χ1n) is 4.68. The van der Waals surface area contributed by atoms with Crippen LogP contribution in [0.4, 0.5) is 0 Å². The van der Waals surface area contributed by atoms with E-state index in [1.807, 2.05) is 11.8 Å². The molecule has 74 valence electrons. The Hall–Kier alpha value is -0.500. The molecule has 1 atom stereocenters. The highest BCUT2D eigenvalue weighted by Crippen LogP contribution is 2.28. The predicted octanol–water partition coefficient (Wildman–Crippen LogP) is 2.04. The monoisotopic (exact) mass is 201 g/mol. The number of carbonyl (C=O) groups excluding carboxylic acids is 1. The number of halogens is 1. The molecule has 0 N–H and O–H groups in total. The molecule has 0 aliphatic heterocycles. The van der Waals surface area contributed by atoms with E-state index in [-0.39, 0.29) is 11.8 Å². The second-order valence-corrected chi connectivity index (χ2v) is 3.87. The van der Waals surface area contributed by atoms with Gasteiger partial charge in [0.05, 0.1) is 0 Å². The maximum absolute atomic E-state index is 11.7. The average Bonchev–Trinajstić information content (AvgIpc) is 2.95. The minimum Gasteiger partial charge on any atom is -0.336 e. The maximum Gasteiger partial charge on any atom is 0.227 e. The van der Waals surface area contributed by atoms with E-state index in [0.29, 0.717) is 18.5 Å². The smallest absolute Gasteiger partial charge is 0.227 e. The van der Waals surface area contributed by atoms with Gasteiger partial charge in [-0.3, -0.25) is 4.79 Å². The Morgan fingerprint density at radius 1 is 1.77 bits per heavy atom. The Morgan fingerprint density at radius 2 is 2.38 bits per heavy atom. The van der Waals surface area contributed by atoms with Crippen LogP contribution in [0, 0.1) is 5.92 Å². The van der Waals surface area contributed by atoms with Crippen molar-refractivity contribution in [3.8, 4) is 0 Å². The van der Waals surface area contributed by atoms with Crippen LogP contribution in [-0.4, -0.2) is 29.3 Å². The van der Waals surface area contributed by atoms with E-state index >= 15 is 0 Å². The fourth-order valence-corrected chi connectivity index (χ4v) is 1.43. The zero-order valence-corrected chi connectivity index (χ0v) is 8.76. The SMILES string of the molecule is C=CCN(C(=O)C(C)CCl)C1CC1. The minimum absolute atomic E-state index is 0.0674. The molecule has 0 bridgehead atoms. The first-order valence-corrected chi connectivity index (χ1v) is 5.21. The topological polar surface area (TPSA) is 20.3 Å². The number of nitrogens with zero attached hydrogens (tertiary/aromatic N) is 1. The fraction of sp³-hybridized carbons (Fsp3) is 0.700. The van der Waals surface area contributed by atoms with Crippen LogP contribution in [0.15, 0.2) is 12.7 Å². The van der Waals surface area contributed by atoms with Gasteiger partial charge in [0, 0.05) is 24.4 Å². The lowest BCUT2D eigenvalue weighted by molar-refractivity contribution is -0.134. The largest absolute Gasteiger partial charge is 0.336 e. The molecule has 1 aliphatic rings. The minimum atomic E-state index is -0.0674. The van der Waals surface area contributed by atoms with E-state index in [0.717, 1.165) is 12.8 Å². The molecule has 1 rings (SSSR count). The van der Waals surface area contributed by atoms with Crippen LogP contribution in [-0.2, 0) is 4.79 Å². The first kappa shape index (κ1) is 10.6. The van der Waals surface area contributed by atoms with E-state index in [9.17, 15) is 4.79 Å². The van der Waals surface area contributed by atoms with E-state index < -0.39 is 0 Å². The summed E-state index contributed by atoms with van der Waals surface area (Å²) in [6.07, 6.45) is 4.04. The second-order valence-electron chi connectivity index (χ2n) is 3.57. The fourth-order valence-electron chi connectivity index (χ4n) is 1.29. The number of rotatable bonds is 5. The Labute approximate surface area is 84.6 Å². The number of hydrogen-bond donors (Lipinski definition) is 0. The normalized spacial score (nSPS) is 18.0. The Balaban J connectivity index is 2.52. The van der Waals surface area contributed by atoms with Crippen molar-refractivity contribution < 1.29 is 4.79 Å². The van der Waals surface area contributed by atoms with E-state index in [4.69, 9.17) is 11.6 Å². The zero-order chi connectivity index (χ0) is 9.84. The molecule has 0 radical (unpaired) electrons. The standard InChI is InChI=1S/C10H16ClNO/c1-3-6-12(9-4-5-9)10(13)8(2)7-11/h3,8-9H,1,4-7H2,2H3. The van der Waals surface area contributed by atoms with Crippen molar-refractivity contribution in [3.05, 3.63) is 12.7 Å². The van der Waals surface area contributed by atoms with Crippen molar-refractivity contribution in [3.63, 3.8) is 0 Å². The van der Waals surface area contributed by atoms with Crippen LogP contribution >= 0.6 is 11.6 Å². The molecule has 0 aromatic rings. The van der Waals surface area contributed by atoms with Gasteiger partial charge in [-0.25, -0.2) is 0 Å².